The van der Waals surface area contributed by atoms with Gasteiger partial charge in [-0.25, -0.2) is 13.2 Å². The molecule has 3 nitrogen and oxygen atoms in total. The number of benzene rings is 1. The maximum absolute atomic E-state index is 12.7. The van der Waals surface area contributed by atoms with Crippen LogP contribution >= 0.6 is 0 Å². The normalized spacial score (nSPS) is 12.5. The number of alkyl halides is 3. The third kappa shape index (κ3) is 2.76. The van der Waals surface area contributed by atoms with E-state index in [-0.39, 0.29) is 22.3 Å². The Morgan fingerprint density at radius 3 is 1.94 bits per heavy atom. The van der Waals surface area contributed by atoms with Gasteiger partial charge in [-0.15, -0.1) is 0 Å². The van der Waals surface area contributed by atoms with E-state index >= 15 is 0 Å². The first-order chi connectivity index (χ1) is 8.04. The van der Waals surface area contributed by atoms with Crippen LogP contribution in [-0.4, -0.2) is 11.1 Å². The molecule has 0 heterocycles. The van der Waals surface area contributed by atoms with Crippen LogP contribution in [0.25, 0.3) is 0 Å². The highest BCUT2D eigenvalue weighted by Crippen LogP contribution is 2.24. The average molecular weight is 247 g/mol. The summed E-state index contributed by atoms with van der Waals surface area (Å²) < 4.78 is 37.9. The summed E-state index contributed by atoms with van der Waals surface area (Å²) in [6, 6.07) is 0.943. The van der Waals surface area contributed by atoms with Crippen LogP contribution in [0.15, 0.2) is 12.1 Å². The third-order valence-electron chi connectivity index (χ3n) is 2.50. The van der Waals surface area contributed by atoms with E-state index in [0.29, 0.717) is 0 Å². The van der Waals surface area contributed by atoms with Crippen LogP contribution < -0.4 is 5.73 Å². The fraction of sp³-hybridized carbons (Fsp3) is 0.364. The Bertz CT molecular complexity index is 398. The molecule has 6 heteroatoms. The Kier molecular flexibility index (Phi) is 4.51. The number of carboxylic acids is 1. The van der Waals surface area contributed by atoms with E-state index in [1.54, 1.807) is 0 Å². The predicted molar refractivity (Wildman–Crippen MR) is 55.4 cm³/mol. The van der Waals surface area contributed by atoms with Gasteiger partial charge in [-0.2, -0.15) is 0 Å². The van der Waals surface area contributed by atoms with Crippen molar-refractivity contribution in [2.75, 3.05) is 0 Å². The molecule has 3 N–H and O–H groups in total. The van der Waals surface area contributed by atoms with E-state index in [1.165, 1.54) is 0 Å². The molecular weight excluding hydrogens is 235 g/mol. The summed E-state index contributed by atoms with van der Waals surface area (Å²) in [5.74, 6) is -1.31. The van der Waals surface area contributed by atoms with Gasteiger partial charge >= 0.3 is 5.97 Å². The van der Waals surface area contributed by atoms with E-state index in [0.717, 1.165) is 12.1 Å². The number of rotatable bonds is 5. The van der Waals surface area contributed by atoms with E-state index in [4.69, 9.17) is 10.8 Å². The van der Waals surface area contributed by atoms with Crippen molar-refractivity contribution in [3.05, 3.63) is 34.4 Å². The Balaban J connectivity index is 3.31. The second kappa shape index (κ2) is 5.67. The fourth-order valence-electron chi connectivity index (χ4n) is 1.56. The fourth-order valence-corrected chi connectivity index (χ4v) is 1.56. The van der Waals surface area contributed by atoms with Crippen molar-refractivity contribution in [3.8, 4) is 0 Å². The summed E-state index contributed by atoms with van der Waals surface area (Å²) in [6.07, 6.45) is 0. The van der Waals surface area contributed by atoms with E-state index in [1.807, 2.05) is 0 Å². The molecule has 1 atom stereocenters. The van der Waals surface area contributed by atoms with E-state index < -0.39 is 32.0 Å². The molecule has 1 aromatic rings. The van der Waals surface area contributed by atoms with Crippen molar-refractivity contribution in [1.29, 1.82) is 0 Å². The zero-order chi connectivity index (χ0) is 13.0. The number of halogens is 3. The summed E-state index contributed by atoms with van der Waals surface area (Å²) in [6.45, 7) is -2.99. The number of carboxylic acid groups (broad SMARTS) is 1. The minimum absolute atomic E-state index is 0.0608. The highest BCUT2D eigenvalue weighted by atomic mass is 19.1. The monoisotopic (exact) mass is 247 g/mol. The van der Waals surface area contributed by atoms with Crippen molar-refractivity contribution in [3.63, 3.8) is 0 Å². The molecule has 0 aliphatic heterocycles. The number of carbonyl (C=O) groups is 1. The van der Waals surface area contributed by atoms with Crippen LogP contribution in [0.4, 0.5) is 13.2 Å². The molecule has 0 fully saturated rings. The van der Waals surface area contributed by atoms with Gasteiger partial charge in [0.15, 0.2) is 0 Å². The van der Waals surface area contributed by atoms with E-state index in [9.17, 15) is 18.0 Å². The van der Waals surface area contributed by atoms with Gasteiger partial charge in [-0.3, -0.25) is 4.79 Å². The highest BCUT2D eigenvalue weighted by Gasteiger charge is 2.18. The lowest BCUT2D eigenvalue weighted by atomic mass is 9.96. The zero-order valence-corrected chi connectivity index (χ0v) is 8.92. The molecule has 0 saturated heterocycles. The molecule has 0 spiro atoms. The van der Waals surface area contributed by atoms with Crippen molar-refractivity contribution in [1.82, 2.24) is 0 Å². The van der Waals surface area contributed by atoms with Crippen LogP contribution in [0.3, 0.4) is 0 Å². The largest absolute Gasteiger partial charge is 0.480 e. The smallest absolute Gasteiger partial charge is 0.325 e. The topological polar surface area (TPSA) is 63.3 Å². The van der Waals surface area contributed by atoms with Gasteiger partial charge in [0.25, 0.3) is 0 Å². The standard InChI is InChI=1S/C11H12F3NO2/c12-3-7-1-6(10(15)11(16)17)2-8(4-13)9(7)5-14/h1-2,10H,3-5,15H2,(H,16,17). The van der Waals surface area contributed by atoms with E-state index in [2.05, 4.69) is 0 Å². The molecule has 0 saturated carbocycles. The van der Waals surface area contributed by atoms with Gasteiger partial charge in [-0.1, -0.05) is 12.1 Å². The minimum Gasteiger partial charge on any atom is -0.480 e. The molecule has 17 heavy (non-hydrogen) atoms. The summed E-state index contributed by atoms with van der Waals surface area (Å²) in [4.78, 5) is 10.7. The Morgan fingerprint density at radius 1 is 1.18 bits per heavy atom. The number of hydrogen-bond donors (Lipinski definition) is 2. The number of hydrogen-bond acceptors (Lipinski definition) is 2. The average Bonchev–Trinajstić information content (AvgIpc) is 2.35. The first kappa shape index (κ1) is 13.5. The van der Waals surface area contributed by atoms with Crippen LogP contribution in [0, 0.1) is 0 Å². The van der Waals surface area contributed by atoms with Crippen molar-refractivity contribution in [2.24, 2.45) is 5.73 Å². The molecule has 1 unspecified atom stereocenters. The van der Waals surface area contributed by atoms with Gasteiger partial charge in [0.05, 0.1) is 0 Å². The summed E-state index contributed by atoms with van der Waals surface area (Å²) in [7, 11) is 0. The lowest BCUT2D eigenvalue weighted by Gasteiger charge is -2.14. The molecule has 0 aromatic heterocycles. The molecule has 0 radical (unpaired) electrons. The Hall–Kier alpha value is -1.56. The maximum atomic E-state index is 12.7. The van der Waals surface area contributed by atoms with Gasteiger partial charge in [0.2, 0.25) is 0 Å². The van der Waals surface area contributed by atoms with Gasteiger partial charge in [0, 0.05) is 0 Å². The van der Waals surface area contributed by atoms with Crippen LogP contribution in [0.2, 0.25) is 0 Å². The maximum Gasteiger partial charge on any atom is 0.325 e. The lowest BCUT2D eigenvalue weighted by Crippen LogP contribution is -2.21. The van der Waals surface area contributed by atoms with Crippen LogP contribution in [-0.2, 0) is 24.8 Å². The molecule has 1 aromatic carbocycles. The van der Waals surface area contributed by atoms with Crippen LogP contribution in [0.5, 0.6) is 0 Å². The predicted octanol–water partition coefficient (Wildman–Crippen LogP) is 2.18. The second-order valence-corrected chi connectivity index (χ2v) is 3.53. The SMILES string of the molecule is NC(C(=O)O)c1cc(CF)c(CF)c(CF)c1. The minimum atomic E-state index is -1.38. The first-order valence-corrected chi connectivity index (χ1v) is 4.86. The lowest BCUT2D eigenvalue weighted by molar-refractivity contribution is -0.138. The van der Waals surface area contributed by atoms with Crippen LogP contribution in [0.1, 0.15) is 28.3 Å². The first-order valence-electron chi connectivity index (χ1n) is 4.86. The summed E-state index contributed by atoms with van der Waals surface area (Å²) >= 11 is 0. The summed E-state index contributed by atoms with van der Waals surface area (Å²) in [5, 5.41) is 8.70. The Labute approximate surface area is 96.0 Å². The van der Waals surface area contributed by atoms with Crippen molar-refractivity contribution < 1.29 is 23.1 Å². The third-order valence-corrected chi connectivity index (χ3v) is 2.50. The molecule has 0 bridgehead atoms. The van der Waals surface area contributed by atoms with Crippen molar-refractivity contribution >= 4 is 5.97 Å². The second-order valence-electron chi connectivity index (χ2n) is 3.53. The zero-order valence-electron chi connectivity index (χ0n) is 8.92. The molecular formula is C11H12F3NO2. The van der Waals surface area contributed by atoms with Gasteiger partial charge in [-0.05, 0) is 22.3 Å². The number of nitrogens with two attached hydrogens (primary N) is 1. The molecule has 0 aliphatic rings. The molecule has 0 amide bonds. The molecule has 1 rings (SSSR count). The highest BCUT2D eigenvalue weighted by molar-refractivity contribution is 5.75. The van der Waals surface area contributed by atoms with Crippen molar-refractivity contribution in [2.45, 2.75) is 26.1 Å². The number of aliphatic carboxylic acids is 1. The van der Waals surface area contributed by atoms with Gasteiger partial charge < -0.3 is 10.8 Å². The van der Waals surface area contributed by atoms with Gasteiger partial charge in [0.1, 0.15) is 26.1 Å². The molecule has 94 valence electrons. The summed E-state index contributed by atoms with van der Waals surface area (Å²) in [5.41, 5.74) is 5.21. The molecule has 0 aliphatic carbocycles. The quantitative estimate of drug-likeness (QED) is 0.838. The Morgan fingerprint density at radius 2 is 1.65 bits per heavy atom.